The third kappa shape index (κ3) is 84.9. The molecular weight excluding hydrogens is 312 g/mol. The molecule has 0 bridgehead atoms. The first-order valence-corrected chi connectivity index (χ1v) is 6.55. The molecule has 1 fully saturated rings. The molecule has 0 amide bonds. The lowest BCUT2D eigenvalue weighted by molar-refractivity contribution is -0.134. The minimum atomic E-state index is -0.881. The van der Waals surface area contributed by atoms with E-state index in [1.165, 1.54) is 0 Å². The molecule has 1 saturated heterocycles. The Hall–Kier alpha value is -0.520. The molecule has 1 atom stereocenters. The maximum atomic E-state index is 9.29. The Bertz CT molecular complexity index is 184. The van der Waals surface area contributed by atoms with E-state index in [0.717, 1.165) is 13.7 Å². The Morgan fingerprint density at radius 2 is 1.20 bits per heavy atom. The zero-order chi connectivity index (χ0) is 17.0. The molecule has 0 aromatic carbocycles. The average Bonchev–Trinajstić information content (AvgIpc) is 3.24. The Labute approximate surface area is 129 Å². The van der Waals surface area contributed by atoms with Crippen molar-refractivity contribution in [2.45, 2.75) is 13.0 Å². The summed E-state index contributed by atoms with van der Waals surface area (Å²) in [4.78, 5) is 18.6. The van der Waals surface area contributed by atoms with Crippen LogP contribution in [-0.2, 0) is 14.3 Å². The third-order valence-corrected chi connectivity index (χ3v) is 1.41. The summed E-state index contributed by atoms with van der Waals surface area (Å²) < 4.78 is 4.71. The number of carboxylic acids is 2. The van der Waals surface area contributed by atoms with E-state index in [-0.39, 0.29) is 24.7 Å². The van der Waals surface area contributed by atoms with Crippen LogP contribution >= 0.6 is 25.3 Å². The van der Waals surface area contributed by atoms with Crippen molar-refractivity contribution in [2.24, 2.45) is 0 Å². The molecule has 1 aliphatic heterocycles. The molecule has 0 aliphatic carbocycles. The first kappa shape index (κ1) is 27.8. The number of carboxylic acid groups (broad SMARTS) is 2. The maximum Gasteiger partial charge on any atom is 0.313 e. The molecule has 1 rings (SSSR count). The average molecular weight is 336 g/mol. The van der Waals surface area contributed by atoms with Gasteiger partial charge in [-0.05, 0) is 6.92 Å². The molecule has 1 aliphatic rings. The fourth-order valence-electron chi connectivity index (χ4n) is 0.0962. The van der Waals surface area contributed by atoms with Crippen molar-refractivity contribution in [1.29, 1.82) is 0 Å². The molecule has 0 aromatic rings. The van der Waals surface area contributed by atoms with Crippen molar-refractivity contribution >= 4 is 37.2 Å². The fraction of sp³-hybridized carbons (Fsp3) is 0.800. The first-order valence-electron chi connectivity index (χ1n) is 5.28. The van der Waals surface area contributed by atoms with Gasteiger partial charge >= 0.3 is 11.9 Å². The topological polar surface area (TPSA) is 148 Å². The SMILES string of the molecule is CC1CO1.CO.O=C(O)CS.O=C(O)CS.OCCO. The van der Waals surface area contributed by atoms with Crippen LogP contribution in [0.5, 0.6) is 0 Å². The molecule has 8 nitrogen and oxygen atoms in total. The van der Waals surface area contributed by atoms with Crippen molar-refractivity contribution in [3.05, 3.63) is 0 Å². The van der Waals surface area contributed by atoms with Crippen molar-refractivity contribution in [3.63, 3.8) is 0 Å². The number of hydrogen-bond acceptors (Lipinski definition) is 8. The first-order chi connectivity index (χ1) is 9.35. The van der Waals surface area contributed by atoms with Gasteiger partial charge < -0.3 is 30.3 Å². The number of thiol groups is 2. The van der Waals surface area contributed by atoms with Crippen LogP contribution in [0.15, 0.2) is 0 Å². The summed E-state index contributed by atoms with van der Waals surface area (Å²) in [5, 5.41) is 37.5. The summed E-state index contributed by atoms with van der Waals surface area (Å²) in [6.45, 7) is 2.79. The molecule has 0 radical (unpaired) electrons. The molecule has 0 spiro atoms. The predicted molar refractivity (Wildman–Crippen MR) is 80.7 cm³/mol. The predicted octanol–water partition coefficient (Wildman–Crippen LogP) is -1.01. The zero-order valence-electron chi connectivity index (χ0n) is 11.5. The molecule has 1 unspecified atom stereocenters. The minimum absolute atomic E-state index is 0.0833. The Morgan fingerprint density at radius 1 is 1.05 bits per heavy atom. The lowest BCUT2D eigenvalue weighted by atomic mass is 10.6. The largest absolute Gasteiger partial charge is 0.481 e. The fourth-order valence-corrected chi connectivity index (χ4v) is 0.0962. The van der Waals surface area contributed by atoms with Gasteiger partial charge in [0, 0.05) is 7.11 Å². The summed E-state index contributed by atoms with van der Waals surface area (Å²) >= 11 is 6.83. The van der Waals surface area contributed by atoms with Crippen molar-refractivity contribution in [2.75, 3.05) is 38.4 Å². The molecule has 124 valence electrons. The maximum absolute atomic E-state index is 9.29. The lowest BCUT2D eigenvalue weighted by Gasteiger charge is -1.71. The number of aliphatic carboxylic acids is 2. The highest BCUT2D eigenvalue weighted by Gasteiger charge is 2.13. The van der Waals surface area contributed by atoms with E-state index in [0.29, 0.717) is 6.10 Å². The van der Waals surface area contributed by atoms with Crippen LogP contribution in [-0.4, -0.2) is 82.0 Å². The van der Waals surface area contributed by atoms with Crippen molar-refractivity contribution < 1.29 is 39.9 Å². The number of hydrogen-bond donors (Lipinski definition) is 7. The smallest absolute Gasteiger partial charge is 0.313 e. The van der Waals surface area contributed by atoms with Gasteiger partial charge in [0.25, 0.3) is 0 Å². The standard InChI is InChI=1S/C3H6O.2C2H4O2S.C2H6O2.CH4O/c1-3-2-4-3;2*3-2(4)1-5;3-1-2-4;1-2/h3H,2H2,1H3;2*5H,1H2,(H,3,4);3-4H,1-2H2;2H,1H3. The summed E-state index contributed by atoms with van der Waals surface area (Å²) in [7, 11) is 1.00. The van der Waals surface area contributed by atoms with Gasteiger partial charge in [-0.15, -0.1) is 0 Å². The van der Waals surface area contributed by atoms with Crippen molar-refractivity contribution in [3.8, 4) is 0 Å². The highest BCUT2D eigenvalue weighted by molar-refractivity contribution is 7.81. The number of ether oxygens (including phenoxy) is 1. The molecule has 20 heavy (non-hydrogen) atoms. The normalized spacial score (nSPS) is 13.4. The van der Waals surface area contributed by atoms with E-state index < -0.39 is 11.9 Å². The zero-order valence-corrected chi connectivity index (χ0v) is 13.3. The third-order valence-electron chi connectivity index (χ3n) is 0.871. The number of epoxide rings is 1. The van der Waals surface area contributed by atoms with E-state index >= 15 is 0 Å². The highest BCUT2D eigenvalue weighted by atomic mass is 32.1. The number of aliphatic hydroxyl groups is 3. The van der Waals surface area contributed by atoms with E-state index in [2.05, 4.69) is 32.2 Å². The lowest BCUT2D eigenvalue weighted by Crippen LogP contribution is -1.92. The van der Waals surface area contributed by atoms with Gasteiger partial charge in [0.15, 0.2) is 0 Å². The number of aliphatic hydroxyl groups excluding tert-OH is 3. The van der Waals surface area contributed by atoms with Gasteiger partial charge in [-0.3, -0.25) is 9.59 Å². The van der Waals surface area contributed by atoms with Crippen LogP contribution in [0.3, 0.4) is 0 Å². The van der Waals surface area contributed by atoms with E-state index in [9.17, 15) is 9.59 Å². The van der Waals surface area contributed by atoms with Crippen LogP contribution in [0.4, 0.5) is 0 Å². The van der Waals surface area contributed by atoms with Gasteiger partial charge in [0.1, 0.15) is 0 Å². The summed E-state index contributed by atoms with van der Waals surface area (Å²) in [6, 6.07) is 0. The second kappa shape index (κ2) is 26.9. The van der Waals surface area contributed by atoms with Gasteiger partial charge in [0.2, 0.25) is 0 Å². The van der Waals surface area contributed by atoms with Crippen LogP contribution in [0.2, 0.25) is 0 Å². The van der Waals surface area contributed by atoms with Gasteiger partial charge in [-0.25, -0.2) is 0 Å². The van der Waals surface area contributed by atoms with Crippen LogP contribution in [0, 0.1) is 0 Å². The van der Waals surface area contributed by atoms with E-state index in [1.807, 2.05) is 0 Å². The van der Waals surface area contributed by atoms with E-state index in [4.69, 9.17) is 30.3 Å². The number of rotatable bonds is 3. The number of carbonyl (C=O) groups is 2. The van der Waals surface area contributed by atoms with Crippen LogP contribution < -0.4 is 0 Å². The quantitative estimate of drug-likeness (QED) is 0.256. The monoisotopic (exact) mass is 336 g/mol. The van der Waals surface area contributed by atoms with E-state index in [1.54, 1.807) is 0 Å². The second-order valence-electron chi connectivity index (χ2n) is 2.69. The molecule has 0 saturated carbocycles. The molecule has 10 heteroatoms. The van der Waals surface area contributed by atoms with Gasteiger partial charge in [-0.2, -0.15) is 25.3 Å². The summed E-state index contributed by atoms with van der Waals surface area (Å²) in [6.07, 6.45) is 0.583. The summed E-state index contributed by atoms with van der Waals surface area (Å²) in [5.74, 6) is -1.93. The van der Waals surface area contributed by atoms with Crippen LogP contribution in [0.1, 0.15) is 6.92 Å². The molecular formula is C10H24O8S2. The Kier molecular flexibility index (Phi) is 37.4. The van der Waals surface area contributed by atoms with Crippen molar-refractivity contribution in [1.82, 2.24) is 0 Å². The van der Waals surface area contributed by atoms with Gasteiger partial charge in [-0.1, -0.05) is 0 Å². The van der Waals surface area contributed by atoms with Gasteiger partial charge in [0.05, 0.1) is 37.4 Å². The molecule has 0 aromatic heterocycles. The van der Waals surface area contributed by atoms with Crippen LogP contribution in [0.25, 0.3) is 0 Å². The molecule has 5 N–H and O–H groups in total. The summed E-state index contributed by atoms with van der Waals surface area (Å²) in [5.41, 5.74) is 0. The highest BCUT2D eigenvalue weighted by Crippen LogP contribution is 2.04. The minimum Gasteiger partial charge on any atom is -0.481 e. The Balaban J connectivity index is -0.0000000821. The Morgan fingerprint density at radius 3 is 1.20 bits per heavy atom. The second-order valence-corrected chi connectivity index (χ2v) is 3.33. The molecule has 1 heterocycles.